The Hall–Kier alpha value is -1.54. The minimum Gasteiger partial charge on any atom is -0.465 e. The zero-order valence-electron chi connectivity index (χ0n) is 11.3. The van der Waals surface area contributed by atoms with E-state index in [2.05, 4.69) is 25.7 Å². The molecule has 0 saturated heterocycles. The molecule has 2 aromatic rings. The van der Waals surface area contributed by atoms with Gasteiger partial charge in [0.15, 0.2) is 5.82 Å². The van der Waals surface area contributed by atoms with Crippen molar-refractivity contribution in [2.45, 2.75) is 19.4 Å². The molecule has 1 aromatic carbocycles. The number of hydrogen-bond acceptors (Lipinski definition) is 4. The Balaban J connectivity index is 2.76. The number of imidazole rings is 1. The van der Waals surface area contributed by atoms with E-state index in [0.29, 0.717) is 9.99 Å². The fourth-order valence-electron chi connectivity index (χ4n) is 2.12. The Morgan fingerprint density at radius 2 is 2.19 bits per heavy atom. The van der Waals surface area contributed by atoms with Crippen LogP contribution >= 0.6 is 15.9 Å². The third-order valence-electron chi connectivity index (χ3n) is 3.09. The van der Waals surface area contributed by atoms with Crippen molar-refractivity contribution in [1.82, 2.24) is 9.55 Å². The SMILES string of the molecule is COC(=O)c1cc(Br)c2c(c1)nc(C(F)F)n2[C@H](C)CO. The summed E-state index contributed by atoms with van der Waals surface area (Å²) in [6.45, 7) is 1.30. The average Bonchev–Trinajstić information content (AvgIpc) is 2.85. The molecule has 0 bridgehead atoms. The van der Waals surface area contributed by atoms with Crippen LogP contribution in [0.1, 0.15) is 35.6 Å². The molecule has 21 heavy (non-hydrogen) atoms. The highest BCUT2D eigenvalue weighted by molar-refractivity contribution is 9.10. The molecule has 0 aliphatic heterocycles. The van der Waals surface area contributed by atoms with Crippen molar-refractivity contribution in [1.29, 1.82) is 0 Å². The number of carbonyl (C=O) groups is 1. The third-order valence-corrected chi connectivity index (χ3v) is 3.69. The summed E-state index contributed by atoms with van der Waals surface area (Å²) in [6.07, 6.45) is -2.79. The van der Waals surface area contributed by atoms with Gasteiger partial charge < -0.3 is 14.4 Å². The Morgan fingerprint density at radius 1 is 1.52 bits per heavy atom. The summed E-state index contributed by atoms with van der Waals surface area (Å²) in [6, 6.07) is 2.30. The first-order valence-electron chi connectivity index (χ1n) is 6.09. The number of esters is 1. The molecule has 0 aliphatic carbocycles. The number of hydrogen-bond donors (Lipinski definition) is 1. The van der Waals surface area contributed by atoms with Gasteiger partial charge in [-0.25, -0.2) is 18.6 Å². The molecule has 8 heteroatoms. The average molecular weight is 363 g/mol. The minimum atomic E-state index is -2.79. The summed E-state index contributed by atoms with van der Waals surface area (Å²) >= 11 is 3.26. The van der Waals surface area contributed by atoms with Crippen LogP contribution in [0.5, 0.6) is 0 Å². The standard InChI is InChI=1S/C13H13BrF2N2O3/c1-6(5-19)18-10-8(14)3-7(13(20)21-2)4-9(10)17-12(18)11(15)16/h3-4,6,11,19H,5H2,1-2H3/t6-/m1/s1. The van der Waals surface area contributed by atoms with Crippen molar-refractivity contribution in [3.63, 3.8) is 0 Å². The second kappa shape index (κ2) is 6.07. The third kappa shape index (κ3) is 2.77. The number of alkyl halides is 2. The lowest BCUT2D eigenvalue weighted by atomic mass is 10.2. The van der Waals surface area contributed by atoms with Crippen LogP contribution in [0, 0.1) is 0 Å². The zero-order valence-corrected chi connectivity index (χ0v) is 12.9. The van der Waals surface area contributed by atoms with Crippen LogP contribution in [-0.2, 0) is 4.74 Å². The number of benzene rings is 1. The van der Waals surface area contributed by atoms with Crippen molar-refractivity contribution in [3.8, 4) is 0 Å². The van der Waals surface area contributed by atoms with Crippen LogP contribution in [0.3, 0.4) is 0 Å². The Labute approximate surface area is 127 Å². The second-order valence-electron chi connectivity index (χ2n) is 4.49. The fraction of sp³-hybridized carbons (Fsp3) is 0.385. The highest BCUT2D eigenvalue weighted by atomic mass is 79.9. The van der Waals surface area contributed by atoms with E-state index in [1.807, 2.05) is 0 Å². The van der Waals surface area contributed by atoms with E-state index in [1.165, 1.54) is 23.8 Å². The zero-order chi connectivity index (χ0) is 15.7. The van der Waals surface area contributed by atoms with Crippen LogP contribution in [0.4, 0.5) is 8.78 Å². The highest BCUT2D eigenvalue weighted by Gasteiger charge is 2.24. The predicted octanol–water partition coefficient (Wildman–Crippen LogP) is 3.08. The Kier molecular flexibility index (Phi) is 4.58. The maximum Gasteiger partial charge on any atom is 0.337 e. The predicted molar refractivity (Wildman–Crippen MR) is 75.5 cm³/mol. The number of aromatic nitrogens is 2. The van der Waals surface area contributed by atoms with Gasteiger partial charge in [-0.05, 0) is 35.0 Å². The van der Waals surface area contributed by atoms with E-state index < -0.39 is 24.3 Å². The first kappa shape index (κ1) is 15.8. The number of methoxy groups -OCH3 is 1. The molecule has 1 atom stereocenters. The van der Waals surface area contributed by atoms with Crippen molar-refractivity contribution in [2.24, 2.45) is 0 Å². The minimum absolute atomic E-state index is 0.207. The van der Waals surface area contributed by atoms with Gasteiger partial charge >= 0.3 is 5.97 Å². The summed E-state index contributed by atoms with van der Waals surface area (Å²) in [5.41, 5.74) is 0.846. The molecule has 1 N–H and O–H groups in total. The van der Waals surface area contributed by atoms with Crippen LogP contribution in [0.15, 0.2) is 16.6 Å². The molecule has 0 amide bonds. The summed E-state index contributed by atoms with van der Waals surface area (Å²) < 4.78 is 32.6. The van der Waals surface area contributed by atoms with Gasteiger partial charge in [0.2, 0.25) is 0 Å². The molecular weight excluding hydrogens is 350 g/mol. The topological polar surface area (TPSA) is 64.3 Å². The highest BCUT2D eigenvalue weighted by Crippen LogP contribution is 2.33. The lowest BCUT2D eigenvalue weighted by molar-refractivity contribution is 0.0601. The van der Waals surface area contributed by atoms with Crippen molar-refractivity contribution < 1.29 is 23.4 Å². The van der Waals surface area contributed by atoms with Crippen LogP contribution in [0.25, 0.3) is 11.0 Å². The lowest BCUT2D eigenvalue weighted by Crippen LogP contribution is -2.13. The maximum atomic E-state index is 13.1. The molecular formula is C13H13BrF2N2O3. The number of carbonyl (C=O) groups excluding carboxylic acids is 1. The lowest BCUT2D eigenvalue weighted by Gasteiger charge is -2.15. The molecule has 0 fully saturated rings. The van der Waals surface area contributed by atoms with E-state index in [4.69, 9.17) is 0 Å². The van der Waals surface area contributed by atoms with Gasteiger partial charge in [-0.1, -0.05) is 0 Å². The van der Waals surface area contributed by atoms with Crippen molar-refractivity contribution in [2.75, 3.05) is 13.7 Å². The monoisotopic (exact) mass is 362 g/mol. The summed E-state index contributed by atoms with van der Waals surface area (Å²) in [4.78, 5) is 15.4. The second-order valence-corrected chi connectivity index (χ2v) is 5.34. The number of halogens is 3. The molecule has 0 spiro atoms. The molecule has 2 rings (SSSR count). The van der Waals surface area contributed by atoms with Gasteiger partial charge in [-0.15, -0.1) is 0 Å². The molecule has 5 nitrogen and oxygen atoms in total. The normalized spacial score (nSPS) is 12.9. The molecule has 1 aromatic heterocycles. The van der Waals surface area contributed by atoms with Gasteiger partial charge in [0.25, 0.3) is 6.43 Å². The van der Waals surface area contributed by atoms with E-state index in [1.54, 1.807) is 6.92 Å². The first-order valence-corrected chi connectivity index (χ1v) is 6.88. The van der Waals surface area contributed by atoms with Crippen LogP contribution < -0.4 is 0 Å². The number of aliphatic hydroxyl groups excluding tert-OH is 1. The van der Waals surface area contributed by atoms with Gasteiger partial charge in [-0.2, -0.15) is 0 Å². The van der Waals surface area contributed by atoms with Crippen molar-refractivity contribution >= 4 is 32.9 Å². The van der Waals surface area contributed by atoms with Gasteiger partial charge in [0.05, 0.1) is 36.4 Å². The van der Waals surface area contributed by atoms with Crippen molar-refractivity contribution in [3.05, 3.63) is 28.0 Å². The Morgan fingerprint density at radius 3 is 2.71 bits per heavy atom. The van der Waals surface area contributed by atoms with Crippen LogP contribution in [-0.4, -0.2) is 34.3 Å². The molecule has 1 heterocycles. The van der Waals surface area contributed by atoms with E-state index in [9.17, 15) is 18.7 Å². The summed E-state index contributed by atoms with van der Waals surface area (Å²) in [5, 5.41) is 9.26. The molecule has 114 valence electrons. The summed E-state index contributed by atoms with van der Waals surface area (Å²) in [7, 11) is 1.23. The fourth-order valence-corrected chi connectivity index (χ4v) is 2.76. The maximum absolute atomic E-state index is 13.1. The largest absolute Gasteiger partial charge is 0.465 e. The van der Waals surface area contributed by atoms with E-state index in [-0.39, 0.29) is 17.7 Å². The number of rotatable bonds is 4. The number of fused-ring (bicyclic) bond motifs is 1. The Bertz CT molecular complexity index is 688. The van der Waals surface area contributed by atoms with Gasteiger partial charge in [0.1, 0.15) is 0 Å². The van der Waals surface area contributed by atoms with Gasteiger partial charge in [0, 0.05) is 4.47 Å². The number of ether oxygens (including phenoxy) is 1. The molecule has 0 unspecified atom stereocenters. The molecule has 0 radical (unpaired) electrons. The van der Waals surface area contributed by atoms with E-state index >= 15 is 0 Å². The first-order chi connectivity index (χ1) is 9.90. The quantitative estimate of drug-likeness (QED) is 0.848. The molecule has 0 aliphatic rings. The molecule has 0 saturated carbocycles. The van der Waals surface area contributed by atoms with E-state index in [0.717, 1.165) is 0 Å². The summed E-state index contributed by atoms with van der Waals surface area (Å²) in [5.74, 6) is -1.03. The smallest absolute Gasteiger partial charge is 0.337 e. The van der Waals surface area contributed by atoms with Crippen LogP contribution in [0.2, 0.25) is 0 Å². The number of nitrogens with zero attached hydrogens (tertiary/aromatic N) is 2. The van der Waals surface area contributed by atoms with Gasteiger partial charge in [-0.3, -0.25) is 0 Å². The number of aliphatic hydroxyl groups is 1.